The average Bonchev–Trinajstić information content (AvgIpc) is 3.45. The highest BCUT2D eigenvalue weighted by atomic mass is 32.1. The number of aromatic nitrogens is 2. The third-order valence-electron chi connectivity index (χ3n) is 4.55. The molecule has 144 valence electrons. The Morgan fingerprint density at radius 3 is 2.86 bits per heavy atom. The van der Waals surface area contributed by atoms with Gasteiger partial charge in [0.25, 0.3) is 5.91 Å². The maximum absolute atomic E-state index is 12.6. The third kappa shape index (κ3) is 3.23. The van der Waals surface area contributed by atoms with Gasteiger partial charge in [0.05, 0.1) is 22.5 Å². The molecule has 4 aromatic rings. The Morgan fingerprint density at radius 1 is 1.17 bits per heavy atom. The number of carbonyl (C=O) groups excluding carboxylic acids is 1. The van der Waals surface area contributed by atoms with Gasteiger partial charge in [0.15, 0.2) is 11.5 Å². The number of fused-ring (bicyclic) bond motifs is 2. The zero-order valence-corrected chi connectivity index (χ0v) is 16.3. The van der Waals surface area contributed by atoms with Crippen molar-refractivity contribution in [2.45, 2.75) is 6.92 Å². The van der Waals surface area contributed by atoms with Crippen LogP contribution >= 0.6 is 11.3 Å². The van der Waals surface area contributed by atoms with Crippen molar-refractivity contribution < 1.29 is 14.3 Å². The monoisotopic (exact) mass is 404 g/mol. The highest BCUT2D eigenvalue weighted by molar-refractivity contribution is 7.20. The van der Waals surface area contributed by atoms with Crippen LogP contribution < -0.4 is 14.9 Å². The van der Waals surface area contributed by atoms with Crippen LogP contribution in [0.5, 0.6) is 11.5 Å². The molecule has 1 aliphatic heterocycles. The molecule has 1 aliphatic rings. The van der Waals surface area contributed by atoms with Gasteiger partial charge >= 0.3 is 0 Å². The first-order valence-electron chi connectivity index (χ1n) is 8.97. The molecule has 0 aliphatic carbocycles. The van der Waals surface area contributed by atoms with E-state index in [1.54, 1.807) is 6.21 Å². The molecule has 7 nitrogen and oxygen atoms in total. The van der Waals surface area contributed by atoms with Crippen LogP contribution in [-0.2, 0) is 0 Å². The molecule has 1 N–H and O–H groups in total. The number of hydrogen-bond acceptors (Lipinski definition) is 6. The molecule has 8 heteroatoms. The van der Waals surface area contributed by atoms with Crippen LogP contribution in [0.4, 0.5) is 0 Å². The lowest BCUT2D eigenvalue weighted by atomic mass is 10.2. The van der Waals surface area contributed by atoms with E-state index in [0.29, 0.717) is 16.4 Å². The van der Waals surface area contributed by atoms with Gasteiger partial charge in [0.2, 0.25) is 6.79 Å². The Balaban J connectivity index is 1.36. The fourth-order valence-electron chi connectivity index (χ4n) is 3.12. The van der Waals surface area contributed by atoms with Gasteiger partial charge in [-0.05, 0) is 48.9 Å². The number of rotatable bonds is 4. The van der Waals surface area contributed by atoms with E-state index in [4.69, 9.17) is 9.47 Å². The molecular formula is C21H16N4O3S. The maximum Gasteiger partial charge on any atom is 0.281 e. The van der Waals surface area contributed by atoms with Crippen LogP contribution in [0.3, 0.4) is 0 Å². The van der Waals surface area contributed by atoms with Gasteiger partial charge in [-0.25, -0.2) is 10.1 Å². The van der Waals surface area contributed by atoms with Gasteiger partial charge in [0, 0.05) is 5.39 Å². The van der Waals surface area contributed by atoms with E-state index < -0.39 is 0 Å². The predicted octanol–water partition coefficient (Wildman–Crippen LogP) is 3.89. The Bertz CT molecular complexity index is 1240. The van der Waals surface area contributed by atoms with E-state index in [0.717, 1.165) is 27.2 Å². The molecule has 0 unspecified atom stereocenters. The quantitative estimate of drug-likeness (QED) is 0.414. The molecule has 29 heavy (non-hydrogen) atoms. The Labute approximate surface area is 170 Å². The predicted molar refractivity (Wildman–Crippen MR) is 111 cm³/mol. The second-order valence-electron chi connectivity index (χ2n) is 6.47. The van der Waals surface area contributed by atoms with Gasteiger partial charge in [0.1, 0.15) is 4.83 Å². The molecule has 2 aromatic heterocycles. The average molecular weight is 404 g/mol. The van der Waals surface area contributed by atoms with Crippen molar-refractivity contribution in [3.05, 3.63) is 70.7 Å². The summed E-state index contributed by atoms with van der Waals surface area (Å²) in [6.07, 6.45) is 1.57. The molecule has 0 radical (unpaired) electrons. The van der Waals surface area contributed by atoms with E-state index in [1.165, 1.54) is 11.3 Å². The van der Waals surface area contributed by atoms with E-state index in [2.05, 4.69) is 15.6 Å². The molecule has 1 amide bonds. The SMILES string of the molecule is Cc1nn(-c2ccccc2)c2sc(C(=O)N/N=C\c3ccc4c(c3)OCO4)cc12. The molecule has 0 bridgehead atoms. The maximum atomic E-state index is 12.6. The van der Waals surface area contributed by atoms with Gasteiger partial charge in [-0.1, -0.05) is 18.2 Å². The minimum absolute atomic E-state index is 0.221. The van der Waals surface area contributed by atoms with E-state index in [9.17, 15) is 4.79 Å². The Kier molecular flexibility index (Phi) is 4.25. The fraction of sp³-hybridized carbons (Fsp3) is 0.0952. The normalized spacial score (nSPS) is 12.7. The largest absolute Gasteiger partial charge is 0.454 e. The lowest BCUT2D eigenvalue weighted by Gasteiger charge is -2.01. The topological polar surface area (TPSA) is 77.7 Å². The van der Waals surface area contributed by atoms with Gasteiger partial charge < -0.3 is 9.47 Å². The third-order valence-corrected chi connectivity index (χ3v) is 5.65. The first-order chi connectivity index (χ1) is 14.2. The second-order valence-corrected chi connectivity index (χ2v) is 7.50. The number of amides is 1. The molecule has 0 atom stereocenters. The number of carbonyl (C=O) groups is 1. The first-order valence-corrected chi connectivity index (χ1v) is 9.78. The lowest BCUT2D eigenvalue weighted by Crippen LogP contribution is -2.16. The molecule has 0 fully saturated rings. The number of nitrogens with one attached hydrogen (secondary N) is 1. The van der Waals surface area contributed by atoms with Crippen molar-refractivity contribution >= 4 is 33.7 Å². The molecule has 0 saturated heterocycles. The minimum Gasteiger partial charge on any atom is -0.454 e. The molecule has 0 saturated carbocycles. The molecule has 0 spiro atoms. The van der Waals surface area contributed by atoms with E-state index in [1.807, 2.05) is 66.2 Å². The van der Waals surface area contributed by atoms with Crippen LogP contribution in [0.2, 0.25) is 0 Å². The number of nitrogens with zero attached hydrogens (tertiary/aromatic N) is 3. The van der Waals surface area contributed by atoms with Crippen LogP contribution in [0.15, 0.2) is 59.7 Å². The summed E-state index contributed by atoms with van der Waals surface area (Å²) in [5.74, 6) is 1.12. The van der Waals surface area contributed by atoms with Gasteiger partial charge in [-0.3, -0.25) is 4.79 Å². The number of para-hydroxylation sites is 1. The molecule has 5 rings (SSSR count). The Morgan fingerprint density at radius 2 is 2.00 bits per heavy atom. The van der Waals surface area contributed by atoms with Crippen molar-refractivity contribution in [1.82, 2.24) is 15.2 Å². The van der Waals surface area contributed by atoms with Crippen molar-refractivity contribution in [2.24, 2.45) is 5.10 Å². The van der Waals surface area contributed by atoms with Crippen molar-refractivity contribution in [2.75, 3.05) is 6.79 Å². The molecule has 2 aromatic carbocycles. The summed E-state index contributed by atoms with van der Waals surface area (Å²) >= 11 is 1.39. The first kappa shape index (κ1) is 17.4. The lowest BCUT2D eigenvalue weighted by molar-refractivity contribution is 0.0959. The summed E-state index contributed by atoms with van der Waals surface area (Å²) in [5.41, 5.74) is 5.23. The van der Waals surface area contributed by atoms with Gasteiger partial charge in [-0.15, -0.1) is 11.3 Å². The van der Waals surface area contributed by atoms with Crippen LogP contribution in [0, 0.1) is 6.92 Å². The van der Waals surface area contributed by atoms with Gasteiger partial charge in [-0.2, -0.15) is 10.2 Å². The fourth-order valence-corrected chi connectivity index (χ4v) is 4.19. The van der Waals surface area contributed by atoms with Crippen molar-refractivity contribution in [1.29, 1.82) is 0 Å². The van der Waals surface area contributed by atoms with Crippen molar-refractivity contribution in [3.8, 4) is 17.2 Å². The number of ether oxygens (including phenoxy) is 2. The second kappa shape index (κ2) is 7.06. The number of hydrogen-bond donors (Lipinski definition) is 1. The smallest absolute Gasteiger partial charge is 0.281 e. The van der Waals surface area contributed by atoms with Crippen LogP contribution in [-0.4, -0.2) is 28.7 Å². The summed E-state index contributed by atoms with van der Waals surface area (Å²) < 4.78 is 12.5. The number of thiophene rings is 1. The summed E-state index contributed by atoms with van der Waals surface area (Å²) in [6, 6.07) is 17.2. The highest BCUT2D eigenvalue weighted by Gasteiger charge is 2.17. The minimum atomic E-state index is -0.262. The number of aryl methyl sites for hydroxylation is 1. The summed E-state index contributed by atoms with van der Waals surface area (Å²) in [5, 5.41) is 9.62. The molecule has 3 heterocycles. The van der Waals surface area contributed by atoms with E-state index in [-0.39, 0.29) is 12.7 Å². The summed E-state index contributed by atoms with van der Waals surface area (Å²) in [4.78, 5) is 14.1. The number of hydrazone groups is 1. The zero-order chi connectivity index (χ0) is 19.8. The Hall–Kier alpha value is -3.65. The summed E-state index contributed by atoms with van der Waals surface area (Å²) in [7, 11) is 0. The zero-order valence-electron chi connectivity index (χ0n) is 15.5. The standard InChI is InChI=1S/C21H16N4O3S/c1-13-16-10-19(29-21(16)25(24-13)15-5-3-2-4-6-15)20(26)23-22-11-14-7-8-17-18(9-14)28-12-27-17/h2-11H,12H2,1H3,(H,23,26)/b22-11-. The summed E-state index contributed by atoms with van der Waals surface area (Å²) in [6.45, 7) is 2.16. The highest BCUT2D eigenvalue weighted by Crippen LogP contribution is 2.32. The van der Waals surface area contributed by atoms with Crippen LogP contribution in [0.1, 0.15) is 20.9 Å². The number of benzene rings is 2. The van der Waals surface area contributed by atoms with E-state index >= 15 is 0 Å². The van der Waals surface area contributed by atoms with Crippen molar-refractivity contribution in [3.63, 3.8) is 0 Å². The molecular weight excluding hydrogens is 388 g/mol. The van der Waals surface area contributed by atoms with Crippen LogP contribution in [0.25, 0.3) is 15.9 Å².